The molecule has 2 rings (SSSR count). The van der Waals surface area contributed by atoms with Gasteiger partial charge < -0.3 is 9.67 Å². The van der Waals surface area contributed by atoms with Gasteiger partial charge >= 0.3 is 0 Å². The van der Waals surface area contributed by atoms with Gasteiger partial charge in [0.25, 0.3) is 5.91 Å². The first-order valence-electron chi connectivity index (χ1n) is 6.89. The molecule has 1 aromatic rings. The number of carbonyl (C=O) groups is 2. The minimum absolute atomic E-state index is 0.191. The average Bonchev–Trinajstić information content (AvgIpc) is 2.99. The first kappa shape index (κ1) is 14.7. The zero-order valence-electron chi connectivity index (χ0n) is 11.7. The fourth-order valence-electron chi connectivity index (χ4n) is 2.60. The van der Waals surface area contributed by atoms with Crippen molar-refractivity contribution < 1.29 is 14.7 Å². The van der Waals surface area contributed by atoms with Gasteiger partial charge in [0.2, 0.25) is 5.91 Å². The van der Waals surface area contributed by atoms with Crippen molar-refractivity contribution in [3.63, 3.8) is 0 Å². The summed E-state index contributed by atoms with van der Waals surface area (Å²) in [7, 11) is 1.76. The van der Waals surface area contributed by atoms with E-state index in [0.29, 0.717) is 11.6 Å². The van der Waals surface area contributed by atoms with Gasteiger partial charge in [-0.3, -0.25) is 19.8 Å². The molecule has 0 bridgehead atoms. The van der Waals surface area contributed by atoms with Gasteiger partial charge in [0, 0.05) is 26.4 Å². The molecule has 1 aliphatic rings. The molecule has 2 N–H and O–H groups in total. The summed E-state index contributed by atoms with van der Waals surface area (Å²) in [6.45, 7) is 2.08. The number of hydrogen-bond acceptors (Lipinski definition) is 4. The average molecular weight is 279 g/mol. The first-order chi connectivity index (χ1) is 9.60. The standard InChI is InChI=1S/C14H21N3O3/c1-16-6-2-3-12(16)14(20)15-13(19)10-17-7-4-11(9-17)5-8-18/h2-3,6,11,18H,4-5,7-10H2,1H3,(H,15,19,20). The van der Waals surface area contributed by atoms with Crippen molar-refractivity contribution in [1.82, 2.24) is 14.8 Å². The van der Waals surface area contributed by atoms with E-state index in [0.717, 1.165) is 25.9 Å². The van der Waals surface area contributed by atoms with Crippen LogP contribution in [0, 0.1) is 5.92 Å². The van der Waals surface area contributed by atoms with Crippen LogP contribution in [0.3, 0.4) is 0 Å². The summed E-state index contributed by atoms with van der Waals surface area (Å²) in [6, 6.07) is 3.44. The number of aliphatic hydroxyl groups excluding tert-OH is 1. The zero-order chi connectivity index (χ0) is 14.5. The topological polar surface area (TPSA) is 74.6 Å². The van der Waals surface area contributed by atoms with Gasteiger partial charge in [0.1, 0.15) is 5.69 Å². The number of aliphatic hydroxyl groups is 1. The molecule has 1 aliphatic heterocycles. The number of nitrogens with zero attached hydrogens (tertiary/aromatic N) is 2. The Bertz CT molecular complexity index is 484. The molecule has 6 nitrogen and oxygen atoms in total. The zero-order valence-corrected chi connectivity index (χ0v) is 11.7. The maximum Gasteiger partial charge on any atom is 0.274 e. The Morgan fingerprint density at radius 2 is 2.30 bits per heavy atom. The summed E-state index contributed by atoms with van der Waals surface area (Å²) < 4.78 is 1.68. The molecule has 1 aromatic heterocycles. The van der Waals surface area contributed by atoms with Crippen molar-refractivity contribution in [2.75, 3.05) is 26.2 Å². The molecule has 2 heterocycles. The molecule has 1 atom stereocenters. The van der Waals surface area contributed by atoms with Crippen molar-refractivity contribution in [2.45, 2.75) is 12.8 Å². The number of imide groups is 1. The molecule has 0 saturated carbocycles. The van der Waals surface area contributed by atoms with Crippen LogP contribution < -0.4 is 5.32 Å². The highest BCUT2D eigenvalue weighted by molar-refractivity contribution is 6.04. The fraction of sp³-hybridized carbons (Fsp3) is 0.571. The minimum Gasteiger partial charge on any atom is -0.396 e. The number of likely N-dealkylation sites (tertiary alicyclic amines) is 1. The van der Waals surface area contributed by atoms with Gasteiger partial charge in [-0.1, -0.05) is 0 Å². The van der Waals surface area contributed by atoms with Crippen LogP contribution in [0.25, 0.3) is 0 Å². The number of carbonyl (C=O) groups excluding carboxylic acids is 2. The van der Waals surface area contributed by atoms with Crippen molar-refractivity contribution in [3.8, 4) is 0 Å². The Kier molecular flexibility index (Phi) is 4.92. The van der Waals surface area contributed by atoms with Gasteiger partial charge in [-0.15, -0.1) is 0 Å². The summed E-state index contributed by atoms with van der Waals surface area (Å²) >= 11 is 0. The van der Waals surface area contributed by atoms with E-state index in [1.54, 1.807) is 29.9 Å². The molecule has 6 heteroatoms. The Morgan fingerprint density at radius 1 is 1.50 bits per heavy atom. The summed E-state index contributed by atoms with van der Waals surface area (Å²) in [5.41, 5.74) is 0.470. The van der Waals surface area contributed by atoms with Crippen LogP contribution in [0.5, 0.6) is 0 Å². The summed E-state index contributed by atoms with van der Waals surface area (Å²) in [6.07, 6.45) is 3.54. The van der Waals surface area contributed by atoms with Gasteiger partial charge in [-0.2, -0.15) is 0 Å². The number of aromatic nitrogens is 1. The van der Waals surface area contributed by atoms with E-state index in [2.05, 4.69) is 5.32 Å². The van der Waals surface area contributed by atoms with Gasteiger partial charge in [0.15, 0.2) is 0 Å². The van der Waals surface area contributed by atoms with Crippen molar-refractivity contribution in [3.05, 3.63) is 24.0 Å². The fourth-order valence-corrected chi connectivity index (χ4v) is 2.60. The lowest BCUT2D eigenvalue weighted by atomic mass is 10.1. The Morgan fingerprint density at radius 3 is 2.95 bits per heavy atom. The van der Waals surface area contributed by atoms with Crippen molar-refractivity contribution in [2.24, 2.45) is 13.0 Å². The predicted molar refractivity (Wildman–Crippen MR) is 74.1 cm³/mol. The lowest BCUT2D eigenvalue weighted by Gasteiger charge is -2.15. The van der Waals surface area contributed by atoms with E-state index < -0.39 is 0 Å². The molecule has 110 valence electrons. The van der Waals surface area contributed by atoms with Gasteiger partial charge in [-0.05, 0) is 37.4 Å². The van der Waals surface area contributed by atoms with E-state index >= 15 is 0 Å². The van der Waals surface area contributed by atoms with E-state index in [-0.39, 0.29) is 25.0 Å². The van der Waals surface area contributed by atoms with Crippen LogP contribution in [-0.4, -0.2) is 52.6 Å². The monoisotopic (exact) mass is 279 g/mol. The second-order valence-electron chi connectivity index (χ2n) is 5.28. The normalized spacial score (nSPS) is 19.2. The lowest BCUT2D eigenvalue weighted by molar-refractivity contribution is -0.121. The number of nitrogens with one attached hydrogen (secondary N) is 1. The molecule has 0 spiro atoms. The van der Waals surface area contributed by atoms with Crippen LogP contribution in [0.15, 0.2) is 18.3 Å². The maximum absolute atomic E-state index is 11.9. The third-order valence-electron chi connectivity index (χ3n) is 3.70. The second kappa shape index (κ2) is 6.67. The molecular formula is C14H21N3O3. The molecule has 20 heavy (non-hydrogen) atoms. The highest BCUT2D eigenvalue weighted by Gasteiger charge is 2.24. The van der Waals surface area contributed by atoms with Crippen LogP contribution in [0.2, 0.25) is 0 Å². The first-order valence-corrected chi connectivity index (χ1v) is 6.89. The van der Waals surface area contributed by atoms with Crippen LogP contribution in [0.4, 0.5) is 0 Å². The molecule has 1 saturated heterocycles. The summed E-state index contributed by atoms with van der Waals surface area (Å²) in [5, 5.41) is 11.3. The molecule has 2 amide bonds. The molecule has 1 unspecified atom stereocenters. The Balaban J connectivity index is 1.79. The van der Waals surface area contributed by atoms with Gasteiger partial charge in [-0.25, -0.2) is 0 Å². The SMILES string of the molecule is Cn1cccc1C(=O)NC(=O)CN1CCC(CCO)C1. The number of rotatable bonds is 5. The summed E-state index contributed by atoms with van der Waals surface area (Å²) in [5.74, 6) is -0.189. The molecule has 0 aromatic carbocycles. The predicted octanol–water partition coefficient (Wildman–Crippen LogP) is -0.0142. The van der Waals surface area contributed by atoms with Crippen molar-refractivity contribution >= 4 is 11.8 Å². The lowest BCUT2D eigenvalue weighted by Crippen LogP contribution is -2.39. The van der Waals surface area contributed by atoms with E-state index in [1.807, 2.05) is 4.90 Å². The largest absolute Gasteiger partial charge is 0.396 e. The maximum atomic E-state index is 11.9. The second-order valence-corrected chi connectivity index (χ2v) is 5.28. The highest BCUT2D eigenvalue weighted by atomic mass is 16.3. The van der Waals surface area contributed by atoms with E-state index in [1.165, 1.54) is 0 Å². The number of aryl methyl sites for hydroxylation is 1. The Labute approximate surface area is 118 Å². The third kappa shape index (κ3) is 3.68. The number of hydrogen-bond donors (Lipinski definition) is 2. The summed E-state index contributed by atoms with van der Waals surface area (Å²) in [4.78, 5) is 25.7. The van der Waals surface area contributed by atoms with E-state index in [4.69, 9.17) is 5.11 Å². The van der Waals surface area contributed by atoms with Crippen LogP contribution in [-0.2, 0) is 11.8 Å². The van der Waals surface area contributed by atoms with Gasteiger partial charge in [0.05, 0.1) is 6.54 Å². The van der Waals surface area contributed by atoms with Crippen LogP contribution in [0.1, 0.15) is 23.3 Å². The molecule has 0 aliphatic carbocycles. The number of amides is 2. The molecule has 0 radical (unpaired) electrons. The quantitative estimate of drug-likeness (QED) is 0.795. The smallest absolute Gasteiger partial charge is 0.274 e. The Hall–Kier alpha value is -1.66. The van der Waals surface area contributed by atoms with E-state index in [9.17, 15) is 9.59 Å². The van der Waals surface area contributed by atoms with Crippen LogP contribution >= 0.6 is 0 Å². The highest BCUT2D eigenvalue weighted by Crippen LogP contribution is 2.18. The third-order valence-corrected chi connectivity index (χ3v) is 3.70. The minimum atomic E-state index is -0.367. The molecule has 1 fully saturated rings. The van der Waals surface area contributed by atoms with Crippen molar-refractivity contribution in [1.29, 1.82) is 0 Å². The molecular weight excluding hydrogens is 258 g/mol.